The van der Waals surface area contributed by atoms with Crippen LogP contribution in [0.15, 0.2) is 5.38 Å². The molecule has 0 saturated carbocycles. The van der Waals surface area contributed by atoms with Crippen LogP contribution in [0, 0.1) is 0 Å². The van der Waals surface area contributed by atoms with E-state index in [1.54, 1.807) is 5.38 Å². The molecular weight excluding hydrogens is 290 g/mol. The molecule has 116 valence electrons. The first-order chi connectivity index (χ1) is 10.1. The highest BCUT2D eigenvalue weighted by Crippen LogP contribution is 2.18. The molecule has 1 aromatic rings. The van der Waals surface area contributed by atoms with Gasteiger partial charge >= 0.3 is 5.97 Å². The zero-order valence-corrected chi connectivity index (χ0v) is 13.1. The van der Waals surface area contributed by atoms with Crippen LogP contribution >= 0.6 is 11.3 Å². The molecule has 1 N–H and O–H groups in total. The van der Waals surface area contributed by atoms with Gasteiger partial charge < -0.3 is 15.0 Å². The average molecular weight is 311 g/mol. The summed E-state index contributed by atoms with van der Waals surface area (Å²) in [6.45, 7) is 5.31. The van der Waals surface area contributed by atoms with Crippen molar-refractivity contribution in [1.29, 1.82) is 0 Å². The summed E-state index contributed by atoms with van der Waals surface area (Å²) in [5.41, 5.74) is 0.300. The molecule has 2 heterocycles. The van der Waals surface area contributed by atoms with E-state index in [2.05, 4.69) is 15.2 Å². The number of carbonyl (C=O) groups excluding carboxylic acids is 2. The van der Waals surface area contributed by atoms with Crippen molar-refractivity contribution in [3.8, 4) is 5.19 Å². The van der Waals surface area contributed by atoms with Gasteiger partial charge in [0.15, 0.2) is 0 Å². The van der Waals surface area contributed by atoms with E-state index in [9.17, 15) is 9.59 Å². The zero-order valence-electron chi connectivity index (χ0n) is 12.3. The molecule has 1 amide bonds. The number of esters is 1. The van der Waals surface area contributed by atoms with E-state index in [4.69, 9.17) is 4.74 Å². The number of carbonyl (C=O) groups is 2. The van der Waals surface area contributed by atoms with E-state index in [1.165, 1.54) is 39.3 Å². The Bertz CT molecular complexity index is 484. The normalized spacial score (nSPS) is 15.7. The van der Waals surface area contributed by atoms with Crippen LogP contribution in [-0.4, -0.2) is 47.9 Å². The van der Waals surface area contributed by atoms with Crippen LogP contribution in [0.3, 0.4) is 0 Å². The molecule has 0 aromatic carbocycles. The fourth-order valence-electron chi connectivity index (χ4n) is 2.31. The predicted octanol–water partition coefficient (Wildman–Crippen LogP) is 1.67. The third-order valence-corrected chi connectivity index (χ3v) is 4.05. The molecule has 1 aliphatic rings. The van der Waals surface area contributed by atoms with Crippen molar-refractivity contribution in [2.24, 2.45) is 0 Å². The third-order valence-electron chi connectivity index (χ3n) is 3.33. The molecule has 1 saturated heterocycles. The molecule has 0 spiro atoms. The van der Waals surface area contributed by atoms with Crippen LogP contribution in [0.2, 0.25) is 0 Å². The van der Waals surface area contributed by atoms with E-state index in [0.717, 1.165) is 24.3 Å². The molecule has 2 rings (SSSR count). The summed E-state index contributed by atoms with van der Waals surface area (Å²) in [4.78, 5) is 29.1. The topological polar surface area (TPSA) is 71.5 Å². The molecule has 1 fully saturated rings. The van der Waals surface area contributed by atoms with Gasteiger partial charge in [0.05, 0.1) is 0 Å². The first-order valence-corrected chi connectivity index (χ1v) is 8.17. The second kappa shape index (κ2) is 8.09. The average Bonchev–Trinajstić information content (AvgIpc) is 2.92. The Balaban J connectivity index is 1.66. The molecule has 0 atom stereocenters. The van der Waals surface area contributed by atoms with Gasteiger partial charge in [-0.2, -0.15) is 4.98 Å². The first kappa shape index (κ1) is 15.9. The summed E-state index contributed by atoms with van der Waals surface area (Å²) in [5.74, 6) is -0.652. The fraction of sp³-hybridized carbons (Fsp3) is 0.643. The molecule has 0 aliphatic carbocycles. The standard InChI is InChI=1S/C14H21N3O3S/c1-11(18)20-14-16-12(10-21-14)13(19)15-6-5-9-17-7-3-2-4-8-17/h10H,2-9H2,1H3,(H,15,19). The largest absolute Gasteiger partial charge is 0.398 e. The summed E-state index contributed by atoms with van der Waals surface area (Å²) in [6, 6.07) is 0. The van der Waals surface area contributed by atoms with Crippen LogP contribution in [0.4, 0.5) is 0 Å². The lowest BCUT2D eigenvalue weighted by atomic mass is 10.1. The van der Waals surface area contributed by atoms with Crippen molar-refractivity contribution in [1.82, 2.24) is 15.2 Å². The highest BCUT2D eigenvalue weighted by atomic mass is 32.1. The molecule has 0 radical (unpaired) electrons. The van der Waals surface area contributed by atoms with E-state index in [1.807, 2.05) is 0 Å². The number of aromatic nitrogens is 1. The van der Waals surface area contributed by atoms with Crippen LogP contribution in [0.25, 0.3) is 0 Å². The molecule has 1 aliphatic heterocycles. The molecule has 7 heteroatoms. The second-order valence-electron chi connectivity index (χ2n) is 5.10. The van der Waals surface area contributed by atoms with Gasteiger partial charge in [-0.15, -0.1) is 0 Å². The number of hydrogen-bond donors (Lipinski definition) is 1. The maximum Gasteiger partial charge on any atom is 0.309 e. The number of piperidine rings is 1. The monoisotopic (exact) mass is 311 g/mol. The van der Waals surface area contributed by atoms with Crippen molar-refractivity contribution >= 4 is 23.2 Å². The molecule has 1 aromatic heterocycles. The molecule has 0 bridgehead atoms. The number of likely N-dealkylation sites (tertiary alicyclic amines) is 1. The van der Waals surface area contributed by atoms with Crippen molar-refractivity contribution in [3.63, 3.8) is 0 Å². The predicted molar refractivity (Wildman–Crippen MR) is 80.7 cm³/mol. The smallest absolute Gasteiger partial charge is 0.309 e. The van der Waals surface area contributed by atoms with Gasteiger partial charge in [0.1, 0.15) is 5.69 Å². The van der Waals surface area contributed by atoms with E-state index < -0.39 is 5.97 Å². The van der Waals surface area contributed by atoms with Crippen molar-refractivity contribution in [3.05, 3.63) is 11.1 Å². The molecule has 21 heavy (non-hydrogen) atoms. The van der Waals surface area contributed by atoms with Gasteiger partial charge in [0.25, 0.3) is 11.1 Å². The maximum absolute atomic E-state index is 11.9. The maximum atomic E-state index is 11.9. The first-order valence-electron chi connectivity index (χ1n) is 7.29. The van der Waals surface area contributed by atoms with E-state index in [-0.39, 0.29) is 11.1 Å². The Kier molecular flexibility index (Phi) is 6.13. The Hall–Kier alpha value is -1.47. The number of nitrogens with zero attached hydrogens (tertiary/aromatic N) is 2. The van der Waals surface area contributed by atoms with Gasteiger partial charge in [0.2, 0.25) is 0 Å². The summed E-state index contributed by atoms with van der Waals surface area (Å²) in [7, 11) is 0. The molecule has 6 nitrogen and oxygen atoms in total. The highest BCUT2D eigenvalue weighted by molar-refractivity contribution is 7.11. The van der Waals surface area contributed by atoms with Gasteiger partial charge in [-0.05, 0) is 38.9 Å². The number of ether oxygens (including phenoxy) is 1. The van der Waals surface area contributed by atoms with Gasteiger partial charge in [-0.1, -0.05) is 17.8 Å². The summed E-state index contributed by atoms with van der Waals surface area (Å²) in [5, 5.41) is 4.65. The Morgan fingerprint density at radius 2 is 2.14 bits per heavy atom. The van der Waals surface area contributed by atoms with Crippen molar-refractivity contribution in [2.75, 3.05) is 26.2 Å². The van der Waals surface area contributed by atoms with Crippen LogP contribution < -0.4 is 10.1 Å². The minimum absolute atomic E-state index is 0.209. The molecule has 0 unspecified atom stereocenters. The summed E-state index contributed by atoms with van der Waals surface area (Å²) < 4.78 is 4.83. The third kappa shape index (κ3) is 5.43. The quantitative estimate of drug-likeness (QED) is 0.639. The lowest BCUT2D eigenvalue weighted by molar-refractivity contribution is -0.131. The Morgan fingerprint density at radius 1 is 1.38 bits per heavy atom. The lowest BCUT2D eigenvalue weighted by Gasteiger charge is -2.26. The molecular formula is C14H21N3O3S. The van der Waals surface area contributed by atoms with Crippen LogP contribution in [0.5, 0.6) is 5.19 Å². The number of amides is 1. The van der Waals surface area contributed by atoms with Crippen LogP contribution in [0.1, 0.15) is 43.1 Å². The van der Waals surface area contributed by atoms with Crippen molar-refractivity contribution in [2.45, 2.75) is 32.6 Å². The van der Waals surface area contributed by atoms with E-state index in [0.29, 0.717) is 12.2 Å². The summed E-state index contributed by atoms with van der Waals surface area (Å²) >= 11 is 1.14. The number of rotatable bonds is 6. The Morgan fingerprint density at radius 3 is 2.86 bits per heavy atom. The van der Waals surface area contributed by atoms with Gasteiger partial charge in [0, 0.05) is 18.8 Å². The second-order valence-corrected chi connectivity index (χ2v) is 5.92. The zero-order chi connectivity index (χ0) is 15.1. The SMILES string of the molecule is CC(=O)Oc1nc(C(=O)NCCCN2CCCCC2)cs1. The van der Waals surface area contributed by atoms with Gasteiger partial charge in [-0.25, -0.2) is 0 Å². The van der Waals surface area contributed by atoms with Crippen LogP contribution in [-0.2, 0) is 4.79 Å². The number of hydrogen-bond acceptors (Lipinski definition) is 6. The Labute approximate surface area is 128 Å². The number of nitrogens with one attached hydrogen (secondary N) is 1. The van der Waals surface area contributed by atoms with Crippen molar-refractivity contribution < 1.29 is 14.3 Å². The minimum Gasteiger partial charge on any atom is -0.398 e. The fourth-order valence-corrected chi connectivity index (χ4v) is 3.00. The minimum atomic E-state index is -0.433. The summed E-state index contributed by atoms with van der Waals surface area (Å²) in [6.07, 6.45) is 4.84. The van der Waals surface area contributed by atoms with Gasteiger partial charge in [-0.3, -0.25) is 9.59 Å². The van der Waals surface area contributed by atoms with E-state index >= 15 is 0 Å². The highest BCUT2D eigenvalue weighted by Gasteiger charge is 2.13. The lowest BCUT2D eigenvalue weighted by Crippen LogP contribution is -2.33. The number of thiazole rings is 1.